The highest BCUT2D eigenvalue weighted by atomic mass is 16.5. The molecule has 1 amide bonds. The molecule has 108 valence electrons. The van der Waals surface area contributed by atoms with Crippen molar-refractivity contribution in [3.05, 3.63) is 59.7 Å². The van der Waals surface area contributed by atoms with Gasteiger partial charge in [-0.1, -0.05) is 18.2 Å². The lowest BCUT2D eigenvalue weighted by Crippen LogP contribution is -2.17. The van der Waals surface area contributed by atoms with E-state index in [0.29, 0.717) is 11.4 Å². The van der Waals surface area contributed by atoms with Crippen molar-refractivity contribution in [1.82, 2.24) is 0 Å². The summed E-state index contributed by atoms with van der Waals surface area (Å²) in [5, 5.41) is 2.73. The molecule has 0 unspecified atom stereocenters. The van der Waals surface area contributed by atoms with Gasteiger partial charge in [0.25, 0.3) is 5.91 Å². The van der Waals surface area contributed by atoms with Gasteiger partial charge in [0.2, 0.25) is 0 Å². The summed E-state index contributed by atoms with van der Waals surface area (Å²) in [7, 11) is 2.83. The Balaban J connectivity index is 2.26. The first-order valence-corrected chi connectivity index (χ1v) is 6.28. The van der Waals surface area contributed by atoms with Gasteiger partial charge in [0.05, 0.1) is 25.3 Å². The summed E-state index contributed by atoms with van der Waals surface area (Å²) in [6, 6.07) is 13.5. The molecule has 0 radical (unpaired) electrons. The minimum absolute atomic E-state index is 0.223. The van der Waals surface area contributed by atoms with Crippen molar-refractivity contribution < 1.29 is 19.1 Å². The zero-order valence-corrected chi connectivity index (χ0v) is 11.8. The second kappa shape index (κ2) is 6.56. The molecule has 0 saturated heterocycles. The van der Waals surface area contributed by atoms with Crippen LogP contribution < -0.4 is 10.1 Å². The topological polar surface area (TPSA) is 64.6 Å². The Morgan fingerprint density at radius 3 is 2.33 bits per heavy atom. The number of ether oxygens (including phenoxy) is 2. The average molecular weight is 285 g/mol. The summed E-state index contributed by atoms with van der Waals surface area (Å²) in [6.45, 7) is 0. The standard InChI is InChI=1S/C16H15NO4/c1-20-12-7-5-6-11(10-12)17-15(18)13-8-3-4-9-14(13)16(19)21-2/h3-10H,1-2H3,(H,17,18). The number of nitrogens with one attached hydrogen (secondary N) is 1. The molecule has 2 rings (SSSR count). The van der Waals surface area contributed by atoms with E-state index in [1.54, 1.807) is 55.6 Å². The first kappa shape index (κ1) is 14.6. The van der Waals surface area contributed by atoms with E-state index in [4.69, 9.17) is 4.74 Å². The Bertz CT molecular complexity index is 667. The van der Waals surface area contributed by atoms with Crippen LogP contribution in [-0.2, 0) is 4.74 Å². The number of hydrogen-bond donors (Lipinski definition) is 1. The zero-order chi connectivity index (χ0) is 15.2. The van der Waals surface area contributed by atoms with Gasteiger partial charge < -0.3 is 14.8 Å². The van der Waals surface area contributed by atoms with Crippen molar-refractivity contribution in [3.8, 4) is 5.75 Å². The third-order valence-electron chi connectivity index (χ3n) is 2.90. The van der Waals surface area contributed by atoms with Crippen LogP contribution in [-0.4, -0.2) is 26.1 Å². The van der Waals surface area contributed by atoms with Gasteiger partial charge in [0.15, 0.2) is 0 Å². The molecule has 0 aromatic heterocycles. The number of hydrogen-bond acceptors (Lipinski definition) is 4. The zero-order valence-electron chi connectivity index (χ0n) is 11.8. The molecule has 2 aromatic carbocycles. The smallest absolute Gasteiger partial charge is 0.338 e. The summed E-state index contributed by atoms with van der Waals surface area (Å²) < 4.78 is 9.77. The number of amides is 1. The Hall–Kier alpha value is -2.82. The van der Waals surface area contributed by atoms with E-state index in [1.165, 1.54) is 7.11 Å². The second-order valence-electron chi connectivity index (χ2n) is 4.22. The van der Waals surface area contributed by atoms with Gasteiger partial charge in [0.1, 0.15) is 5.75 Å². The largest absolute Gasteiger partial charge is 0.497 e. The molecular formula is C16H15NO4. The second-order valence-corrected chi connectivity index (χ2v) is 4.22. The van der Waals surface area contributed by atoms with Crippen molar-refractivity contribution in [3.63, 3.8) is 0 Å². The van der Waals surface area contributed by atoms with Crippen molar-refractivity contribution in [1.29, 1.82) is 0 Å². The van der Waals surface area contributed by atoms with Crippen LogP contribution >= 0.6 is 0 Å². The van der Waals surface area contributed by atoms with E-state index in [0.717, 1.165) is 0 Å². The lowest BCUT2D eigenvalue weighted by Gasteiger charge is -2.09. The summed E-state index contributed by atoms with van der Waals surface area (Å²) in [5.41, 5.74) is 1.06. The number of anilines is 1. The van der Waals surface area contributed by atoms with Gasteiger partial charge in [0, 0.05) is 11.8 Å². The monoisotopic (exact) mass is 285 g/mol. The normalized spacial score (nSPS) is 9.81. The fourth-order valence-electron chi connectivity index (χ4n) is 1.87. The molecule has 0 bridgehead atoms. The first-order valence-electron chi connectivity index (χ1n) is 6.28. The molecular weight excluding hydrogens is 270 g/mol. The van der Waals surface area contributed by atoms with E-state index in [-0.39, 0.29) is 17.0 Å². The van der Waals surface area contributed by atoms with Gasteiger partial charge in [-0.15, -0.1) is 0 Å². The molecule has 0 saturated carbocycles. The van der Waals surface area contributed by atoms with Gasteiger partial charge >= 0.3 is 5.97 Å². The van der Waals surface area contributed by atoms with Crippen molar-refractivity contribution in [2.24, 2.45) is 0 Å². The maximum atomic E-state index is 12.3. The summed E-state index contributed by atoms with van der Waals surface area (Å²) in [5.74, 6) is -0.301. The third-order valence-corrected chi connectivity index (χ3v) is 2.90. The van der Waals surface area contributed by atoms with Gasteiger partial charge in [-0.3, -0.25) is 4.79 Å². The van der Waals surface area contributed by atoms with E-state index in [1.807, 2.05) is 0 Å². The minimum Gasteiger partial charge on any atom is -0.497 e. The molecule has 0 atom stereocenters. The Labute approximate surface area is 122 Å². The fraction of sp³-hybridized carbons (Fsp3) is 0.125. The molecule has 5 heteroatoms. The number of methoxy groups -OCH3 is 2. The lowest BCUT2D eigenvalue weighted by molar-refractivity contribution is 0.0597. The molecule has 0 fully saturated rings. The SMILES string of the molecule is COC(=O)c1ccccc1C(=O)Nc1cccc(OC)c1. The van der Waals surface area contributed by atoms with E-state index in [2.05, 4.69) is 10.1 Å². The van der Waals surface area contributed by atoms with Gasteiger partial charge in [-0.25, -0.2) is 4.79 Å². The summed E-state index contributed by atoms with van der Waals surface area (Å²) >= 11 is 0. The van der Waals surface area contributed by atoms with Crippen molar-refractivity contribution in [2.75, 3.05) is 19.5 Å². The highest BCUT2D eigenvalue weighted by Gasteiger charge is 2.17. The van der Waals surface area contributed by atoms with Crippen LogP contribution in [0.3, 0.4) is 0 Å². The quantitative estimate of drug-likeness (QED) is 0.877. The van der Waals surface area contributed by atoms with Crippen LogP contribution in [0.2, 0.25) is 0 Å². The maximum absolute atomic E-state index is 12.3. The molecule has 21 heavy (non-hydrogen) atoms. The molecule has 5 nitrogen and oxygen atoms in total. The van der Waals surface area contributed by atoms with E-state index in [9.17, 15) is 9.59 Å². The number of carbonyl (C=O) groups is 2. The van der Waals surface area contributed by atoms with Crippen molar-refractivity contribution >= 4 is 17.6 Å². The molecule has 0 heterocycles. The van der Waals surface area contributed by atoms with Crippen LogP contribution in [0.25, 0.3) is 0 Å². The summed E-state index contributed by atoms with van der Waals surface area (Å²) in [6.07, 6.45) is 0. The molecule has 2 aromatic rings. The predicted octanol–water partition coefficient (Wildman–Crippen LogP) is 2.73. The fourth-order valence-corrected chi connectivity index (χ4v) is 1.87. The number of rotatable bonds is 4. The molecule has 0 aliphatic heterocycles. The Morgan fingerprint density at radius 2 is 1.67 bits per heavy atom. The van der Waals surface area contributed by atoms with Crippen LogP contribution in [0.5, 0.6) is 5.75 Å². The van der Waals surface area contributed by atoms with Gasteiger partial charge in [-0.2, -0.15) is 0 Å². The minimum atomic E-state index is -0.550. The van der Waals surface area contributed by atoms with E-state index < -0.39 is 5.97 Å². The molecule has 0 aliphatic carbocycles. The molecule has 1 N–H and O–H groups in total. The lowest BCUT2D eigenvalue weighted by atomic mass is 10.1. The highest BCUT2D eigenvalue weighted by molar-refractivity contribution is 6.11. The maximum Gasteiger partial charge on any atom is 0.338 e. The first-order chi connectivity index (χ1) is 10.2. The predicted molar refractivity (Wildman–Crippen MR) is 78.7 cm³/mol. The van der Waals surface area contributed by atoms with Crippen LogP contribution in [0, 0.1) is 0 Å². The third kappa shape index (κ3) is 3.39. The summed E-state index contributed by atoms with van der Waals surface area (Å²) in [4.78, 5) is 24.0. The molecule has 0 spiro atoms. The van der Waals surface area contributed by atoms with Crippen LogP contribution in [0.4, 0.5) is 5.69 Å². The van der Waals surface area contributed by atoms with Crippen LogP contribution in [0.15, 0.2) is 48.5 Å². The van der Waals surface area contributed by atoms with Crippen LogP contribution in [0.1, 0.15) is 20.7 Å². The highest BCUT2D eigenvalue weighted by Crippen LogP contribution is 2.18. The Morgan fingerprint density at radius 1 is 0.952 bits per heavy atom. The average Bonchev–Trinajstić information content (AvgIpc) is 2.54. The molecule has 0 aliphatic rings. The van der Waals surface area contributed by atoms with E-state index >= 15 is 0 Å². The number of benzene rings is 2. The number of esters is 1. The Kier molecular flexibility index (Phi) is 4.56. The van der Waals surface area contributed by atoms with Gasteiger partial charge in [-0.05, 0) is 24.3 Å². The van der Waals surface area contributed by atoms with Crippen molar-refractivity contribution in [2.45, 2.75) is 0 Å². The number of carbonyl (C=O) groups excluding carboxylic acids is 2.